The monoisotopic (exact) mass is 229 g/mol. The highest BCUT2D eigenvalue weighted by atomic mass is 32.1. The van der Waals surface area contributed by atoms with E-state index in [-0.39, 0.29) is 6.03 Å². The zero-order chi connectivity index (χ0) is 10.8. The van der Waals surface area contributed by atoms with Crippen molar-refractivity contribution >= 4 is 22.5 Å². The van der Waals surface area contributed by atoms with E-state index in [4.69, 9.17) is 4.74 Å². The maximum atomic E-state index is 11.6. The van der Waals surface area contributed by atoms with Gasteiger partial charge in [-0.3, -0.25) is 9.91 Å². The van der Waals surface area contributed by atoms with Crippen LogP contribution < -0.4 is 15.1 Å². The van der Waals surface area contributed by atoms with Gasteiger partial charge in [0.2, 0.25) is 5.13 Å². The Hall–Kier alpha value is -1.41. The van der Waals surface area contributed by atoms with Crippen molar-refractivity contribution < 1.29 is 9.53 Å². The molecule has 82 valence electrons. The van der Waals surface area contributed by atoms with Crippen LogP contribution in [0.2, 0.25) is 0 Å². The van der Waals surface area contributed by atoms with Crippen LogP contribution in [0.1, 0.15) is 6.92 Å². The molecule has 15 heavy (non-hydrogen) atoms. The van der Waals surface area contributed by atoms with Gasteiger partial charge >= 0.3 is 6.03 Å². The first-order chi connectivity index (χ1) is 7.22. The van der Waals surface area contributed by atoms with E-state index in [0.717, 1.165) is 0 Å². The van der Waals surface area contributed by atoms with Crippen molar-refractivity contribution in [1.29, 1.82) is 0 Å². The third-order valence-electron chi connectivity index (χ3n) is 1.88. The molecule has 0 unspecified atom stereocenters. The molecule has 0 saturated carbocycles. The predicted molar refractivity (Wildman–Crippen MR) is 54.7 cm³/mol. The Morgan fingerprint density at radius 1 is 1.60 bits per heavy atom. The molecule has 0 aliphatic carbocycles. The van der Waals surface area contributed by atoms with E-state index < -0.39 is 0 Å². The van der Waals surface area contributed by atoms with Gasteiger partial charge in [-0.05, 0) is 18.3 Å². The highest BCUT2D eigenvalue weighted by Gasteiger charge is 2.29. The zero-order valence-electron chi connectivity index (χ0n) is 8.43. The summed E-state index contributed by atoms with van der Waals surface area (Å²) in [5, 5.41) is 10.1. The molecule has 1 aromatic rings. The highest BCUT2D eigenvalue weighted by Crippen LogP contribution is 2.27. The van der Waals surface area contributed by atoms with Crippen LogP contribution in [0.15, 0.2) is 0 Å². The van der Waals surface area contributed by atoms with E-state index in [1.807, 2.05) is 6.92 Å². The van der Waals surface area contributed by atoms with Crippen LogP contribution in [-0.4, -0.2) is 41.6 Å². The van der Waals surface area contributed by atoms with E-state index in [1.165, 1.54) is 21.2 Å². The fourth-order valence-corrected chi connectivity index (χ4v) is 1.89. The van der Waals surface area contributed by atoms with Crippen LogP contribution in [0, 0.1) is 0 Å². The summed E-state index contributed by atoms with van der Waals surface area (Å²) in [7, 11) is 1.66. The number of rotatable bonds is 3. The van der Waals surface area contributed by atoms with Crippen LogP contribution in [0.25, 0.3) is 0 Å². The molecule has 7 nitrogen and oxygen atoms in total. The van der Waals surface area contributed by atoms with Crippen molar-refractivity contribution in [3.8, 4) is 5.19 Å². The molecule has 2 amide bonds. The van der Waals surface area contributed by atoms with Crippen molar-refractivity contribution in [1.82, 2.24) is 20.6 Å². The molecular weight excluding hydrogens is 218 g/mol. The number of aromatic nitrogens is 2. The van der Waals surface area contributed by atoms with E-state index in [0.29, 0.717) is 23.6 Å². The number of carbonyl (C=O) groups excluding carboxylic acids is 1. The second kappa shape index (κ2) is 3.99. The molecule has 0 bridgehead atoms. The minimum Gasteiger partial charge on any atom is -0.469 e. The molecule has 1 N–H and O–H groups in total. The lowest BCUT2D eigenvalue weighted by molar-refractivity contribution is 0.217. The summed E-state index contributed by atoms with van der Waals surface area (Å²) in [6, 6.07) is -0.144. The largest absolute Gasteiger partial charge is 0.469 e. The summed E-state index contributed by atoms with van der Waals surface area (Å²) in [4.78, 5) is 13.1. The number of nitrogens with one attached hydrogen (secondary N) is 1. The average Bonchev–Trinajstić information content (AvgIpc) is 2.77. The smallest absolute Gasteiger partial charge is 0.341 e. The lowest BCUT2D eigenvalue weighted by Gasteiger charge is -2.08. The molecule has 0 atom stereocenters. The number of hydrazine groups is 1. The Morgan fingerprint density at radius 2 is 2.40 bits per heavy atom. The lowest BCUT2D eigenvalue weighted by atomic mass is 10.8. The van der Waals surface area contributed by atoms with E-state index in [9.17, 15) is 4.79 Å². The van der Waals surface area contributed by atoms with Crippen molar-refractivity contribution in [3.05, 3.63) is 0 Å². The summed E-state index contributed by atoms with van der Waals surface area (Å²) in [5.41, 5.74) is 2.87. The van der Waals surface area contributed by atoms with Crippen LogP contribution in [0.4, 0.5) is 9.93 Å². The number of anilines is 1. The summed E-state index contributed by atoms with van der Waals surface area (Å²) in [5.74, 6) is 0. The molecule has 1 aromatic heterocycles. The standard InChI is InChI=1S/C7H11N5O2S/c1-3-14-6-10-9-5(15-6)12-4-8-11(2)7(12)13/h8H,3-4H2,1-2H3. The number of ether oxygens (including phenoxy) is 1. The highest BCUT2D eigenvalue weighted by molar-refractivity contribution is 7.17. The number of hydrogen-bond donors (Lipinski definition) is 1. The van der Waals surface area contributed by atoms with Gasteiger partial charge in [0, 0.05) is 7.05 Å². The maximum Gasteiger partial charge on any atom is 0.341 e. The van der Waals surface area contributed by atoms with Crippen molar-refractivity contribution in [2.24, 2.45) is 0 Å². The fraction of sp³-hybridized carbons (Fsp3) is 0.571. The van der Waals surface area contributed by atoms with Crippen LogP contribution in [0.3, 0.4) is 0 Å². The molecule has 0 radical (unpaired) electrons. The topological polar surface area (TPSA) is 70.6 Å². The summed E-state index contributed by atoms with van der Waals surface area (Å²) < 4.78 is 5.18. The Bertz CT molecular complexity index is 368. The Labute approximate surface area is 90.6 Å². The van der Waals surface area contributed by atoms with Crippen molar-refractivity contribution in [2.45, 2.75) is 6.92 Å². The Balaban J connectivity index is 2.12. The zero-order valence-corrected chi connectivity index (χ0v) is 9.24. The minimum atomic E-state index is -0.144. The molecule has 2 rings (SSSR count). The Morgan fingerprint density at radius 3 is 3.00 bits per heavy atom. The molecule has 1 aliphatic heterocycles. The van der Waals surface area contributed by atoms with Gasteiger partial charge in [0.15, 0.2) is 0 Å². The molecule has 1 fully saturated rings. The van der Waals surface area contributed by atoms with Crippen molar-refractivity contribution in [3.63, 3.8) is 0 Å². The second-order valence-electron chi connectivity index (χ2n) is 2.87. The van der Waals surface area contributed by atoms with Crippen molar-refractivity contribution in [2.75, 3.05) is 25.2 Å². The van der Waals surface area contributed by atoms with Gasteiger partial charge in [-0.15, -0.1) is 5.10 Å². The third kappa shape index (κ3) is 1.85. The second-order valence-corrected chi connectivity index (χ2v) is 3.79. The average molecular weight is 229 g/mol. The predicted octanol–water partition coefficient (Wildman–Crippen LogP) is 0.271. The van der Waals surface area contributed by atoms with Gasteiger partial charge in [0.25, 0.3) is 5.19 Å². The minimum absolute atomic E-state index is 0.144. The third-order valence-corrected chi connectivity index (χ3v) is 2.74. The fourth-order valence-electron chi connectivity index (χ4n) is 1.14. The molecule has 1 aliphatic rings. The van der Waals surface area contributed by atoms with Crippen LogP contribution >= 0.6 is 11.3 Å². The molecule has 0 aromatic carbocycles. The SMILES string of the molecule is CCOc1nnc(N2CNN(C)C2=O)s1. The van der Waals surface area contributed by atoms with Gasteiger partial charge in [0.05, 0.1) is 13.3 Å². The molecule has 0 spiro atoms. The molecule has 1 saturated heterocycles. The Kier molecular flexibility index (Phi) is 2.69. The van der Waals surface area contributed by atoms with Gasteiger partial charge in [-0.2, -0.15) is 0 Å². The summed E-state index contributed by atoms with van der Waals surface area (Å²) in [6.07, 6.45) is 0. The first-order valence-electron chi connectivity index (χ1n) is 4.47. The normalized spacial score (nSPS) is 16.3. The van der Waals surface area contributed by atoms with Crippen LogP contribution in [0.5, 0.6) is 5.19 Å². The number of nitrogens with zero attached hydrogens (tertiary/aromatic N) is 4. The lowest BCUT2D eigenvalue weighted by Crippen LogP contribution is -2.31. The van der Waals surface area contributed by atoms with E-state index in [2.05, 4.69) is 15.6 Å². The number of carbonyl (C=O) groups is 1. The first kappa shape index (κ1) is 10.1. The number of amides is 2. The van der Waals surface area contributed by atoms with E-state index in [1.54, 1.807) is 7.05 Å². The summed E-state index contributed by atoms with van der Waals surface area (Å²) in [6.45, 7) is 2.83. The number of urea groups is 1. The van der Waals surface area contributed by atoms with Gasteiger partial charge in [-0.1, -0.05) is 5.10 Å². The van der Waals surface area contributed by atoms with Gasteiger partial charge < -0.3 is 4.74 Å². The number of hydrogen-bond acceptors (Lipinski definition) is 6. The quantitative estimate of drug-likeness (QED) is 0.805. The van der Waals surface area contributed by atoms with Crippen LogP contribution in [-0.2, 0) is 0 Å². The maximum absolute atomic E-state index is 11.6. The summed E-state index contributed by atoms with van der Waals surface area (Å²) >= 11 is 1.25. The first-order valence-corrected chi connectivity index (χ1v) is 5.29. The van der Waals surface area contributed by atoms with Gasteiger partial charge in [-0.25, -0.2) is 10.2 Å². The van der Waals surface area contributed by atoms with E-state index >= 15 is 0 Å². The molecule has 2 heterocycles. The van der Waals surface area contributed by atoms with Gasteiger partial charge in [0.1, 0.15) is 0 Å². The molecular formula is C7H11N5O2S. The molecule has 8 heteroatoms.